The molecule has 0 bridgehead atoms. The van der Waals surface area contributed by atoms with Crippen molar-refractivity contribution in [3.05, 3.63) is 68.0 Å². The Morgan fingerprint density at radius 1 is 1.14 bits per heavy atom. The van der Waals surface area contributed by atoms with Gasteiger partial charge in [0.1, 0.15) is 17.2 Å². The number of hydrogen-bond acceptors (Lipinski definition) is 2. The molecule has 1 atom stereocenters. The van der Waals surface area contributed by atoms with E-state index in [1.54, 1.807) is 6.07 Å². The van der Waals surface area contributed by atoms with Gasteiger partial charge in [-0.05, 0) is 42.8 Å². The summed E-state index contributed by atoms with van der Waals surface area (Å²) in [5.74, 6) is 0.387. The van der Waals surface area contributed by atoms with Crippen molar-refractivity contribution in [2.24, 2.45) is 5.73 Å². The van der Waals surface area contributed by atoms with Crippen molar-refractivity contribution in [1.82, 2.24) is 0 Å². The molecule has 0 amide bonds. The Balaban J connectivity index is 2.13. The number of halogens is 3. The third-order valence-corrected chi connectivity index (χ3v) is 4.70. The van der Waals surface area contributed by atoms with E-state index in [0.29, 0.717) is 10.2 Å². The molecule has 0 saturated heterocycles. The van der Waals surface area contributed by atoms with Crippen LogP contribution >= 0.6 is 31.9 Å². The van der Waals surface area contributed by atoms with E-state index in [0.717, 1.165) is 26.6 Å². The molecule has 0 spiro atoms. The van der Waals surface area contributed by atoms with E-state index in [1.807, 2.05) is 25.1 Å². The second-order valence-electron chi connectivity index (χ2n) is 4.88. The smallest absolute Gasteiger partial charge is 0.135 e. The lowest BCUT2D eigenvalue weighted by Gasteiger charge is -2.12. The summed E-state index contributed by atoms with van der Waals surface area (Å²) in [4.78, 5) is 0. The zero-order valence-electron chi connectivity index (χ0n) is 11.2. The van der Waals surface area contributed by atoms with Crippen LogP contribution in [0.4, 0.5) is 4.39 Å². The molecule has 0 aliphatic carbocycles. The van der Waals surface area contributed by atoms with E-state index >= 15 is 0 Å². The minimum absolute atomic E-state index is 0.303. The Morgan fingerprint density at radius 3 is 2.62 bits per heavy atom. The monoisotopic (exact) mass is 411 g/mol. The van der Waals surface area contributed by atoms with Crippen LogP contribution in [-0.4, -0.2) is 0 Å². The summed E-state index contributed by atoms with van der Waals surface area (Å²) >= 11 is 6.78. The molecule has 1 aromatic heterocycles. The fourth-order valence-corrected chi connectivity index (χ4v) is 3.35. The van der Waals surface area contributed by atoms with Crippen molar-refractivity contribution in [2.75, 3.05) is 0 Å². The highest BCUT2D eigenvalue weighted by Gasteiger charge is 2.20. The Kier molecular flexibility index (Phi) is 3.90. The number of rotatable bonds is 2. The predicted octanol–water partition coefficient (Wildman–Crippen LogP) is 5.45. The van der Waals surface area contributed by atoms with Crippen LogP contribution in [0.2, 0.25) is 0 Å². The summed E-state index contributed by atoms with van der Waals surface area (Å²) in [7, 11) is 0. The molecule has 0 aliphatic rings. The number of benzene rings is 2. The van der Waals surface area contributed by atoms with E-state index in [1.165, 1.54) is 12.1 Å². The van der Waals surface area contributed by atoms with Gasteiger partial charge in [0.05, 0.1) is 6.04 Å². The maximum Gasteiger partial charge on any atom is 0.135 e. The minimum atomic E-state index is -0.453. The lowest BCUT2D eigenvalue weighted by atomic mass is 10.0. The number of aryl methyl sites for hydroxylation is 1. The van der Waals surface area contributed by atoms with Crippen molar-refractivity contribution in [3.8, 4) is 0 Å². The molecule has 1 heterocycles. The summed E-state index contributed by atoms with van der Waals surface area (Å²) < 4.78 is 20.7. The fraction of sp³-hybridized carbons (Fsp3) is 0.125. The second kappa shape index (κ2) is 5.55. The SMILES string of the molecule is Cc1c(C(N)c2ccc(F)cc2Br)oc2cc(Br)ccc12. The van der Waals surface area contributed by atoms with Crippen molar-refractivity contribution in [2.45, 2.75) is 13.0 Å². The highest BCUT2D eigenvalue weighted by atomic mass is 79.9. The summed E-state index contributed by atoms with van der Waals surface area (Å²) in [6.45, 7) is 1.98. The van der Waals surface area contributed by atoms with E-state index in [2.05, 4.69) is 31.9 Å². The van der Waals surface area contributed by atoms with Crippen molar-refractivity contribution in [1.29, 1.82) is 0 Å². The van der Waals surface area contributed by atoms with Crippen LogP contribution in [0.3, 0.4) is 0 Å². The first kappa shape index (κ1) is 14.8. The first-order chi connectivity index (χ1) is 9.97. The maximum atomic E-state index is 13.2. The van der Waals surface area contributed by atoms with Gasteiger partial charge in [0.15, 0.2) is 0 Å². The molecule has 0 radical (unpaired) electrons. The molecule has 21 heavy (non-hydrogen) atoms. The number of fused-ring (bicyclic) bond motifs is 1. The molecule has 3 rings (SSSR count). The molecule has 1 unspecified atom stereocenters. The topological polar surface area (TPSA) is 39.2 Å². The third-order valence-electron chi connectivity index (χ3n) is 3.52. The number of hydrogen-bond donors (Lipinski definition) is 1. The lowest BCUT2D eigenvalue weighted by Crippen LogP contribution is -2.12. The van der Waals surface area contributed by atoms with Crippen molar-refractivity contribution >= 4 is 42.8 Å². The molecular formula is C16H12Br2FNO. The predicted molar refractivity (Wildman–Crippen MR) is 88.8 cm³/mol. The van der Waals surface area contributed by atoms with E-state index in [4.69, 9.17) is 10.2 Å². The van der Waals surface area contributed by atoms with Gasteiger partial charge >= 0.3 is 0 Å². The van der Waals surface area contributed by atoms with Crippen molar-refractivity contribution in [3.63, 3.8) is 0 Å². The second-order valence-corrected chi connectivity index (χ2v) is 6.65. The van der Waals surface area contributed by atoms with Crippen LogP contribution in [0, 0.1) is 12.7 Å². The molecule has 108 valence electrons. The zero-order valence-corrected chi connectivity index (χ0v) is 14.3. The van der Waals surface area contributed by atoms with E-state index in [9.17, 15) is 4.39 Å². The lowest BCUT2D eigenvalue weighted by molar-refractivity contribution is 0.519. The van der Waals surface area contributed by atoms with Gasteiger partial charge in [-0.15, -0.1) is 0 Å². The number of nitrogens with two attached hydrogens (primary N) is 1. The largest absolute Gasteiger partial charge is 0.459 e. The van der Waals surface area contributed by atoms with E-state index < -0.39 is 6.04 Å². The van der Waals surface area contributed by atoms with Crippen molar-refractivity contribution < 1.29 is 8.81 Å². The Hall–Kier alpha value is -1.17. The van der Waals surface area contributed by atoms with Gasteiger partial charge in [0.2, 0.25) is 0 Å². The van der Waals surface area contributed by atoms with Crippen LogP contribution in [0.25, 0.3) is 11.0 Å². The van der Waals surface area contributed by atoms with Crippen LogP contribution in [0.5, 0.6) is 0 Å². The van der Waals surface area contributed by atoms with Crippen LogP contribution in [0.15, 0.2) is 49.8 Å². The summed E-state index contributed by atoms with van der Waals surface area (Å²) in [5, 5.41) is 1.03. The van der Waals surface area contributed by atoms with Gasteiger partial charge in [0, 0.05) is 19.9 Å². The molecule has 0 aliphatic heterocycles. The molecule has 0 saturated carbocycles. The van der Waals surface area contributed by atoms with E-state index in [-0.39, 0.29) is 5.82 Å². The molecule has 2 aromatic carbocycles. The standard InChI is InChI=1S/C16H12Br2FNO/c1-8-11-4-2-9(17)6-14(11)21-16(8)15(20)12-5-3-10(19)7-13(12)18/h2-7,15H,20H2,1H3. The summed E-state index contributed by atoms with van der Waals surface area (Å²) in [6.07, 6.45) is 0. The Bertz CT molecular complexity index is 829. The quantitative estimate of drug-likeness (QED) is 0.607. The van der Waals surface area contributed by atoms with Gasteiger partial charge < -0.3 is 10.2 Å². The molecule has 2 nitrogen and oxygen atoms in total. The van der Waals surface area contributed by atoms with Crippen LogP contribution in [-0.2, 0) is 0 Å². The van der Waals surface area contributed by atoms with Gasteiger partial charge in [-0.2, -0.15) is 0 Å². The molecule has 5 heteroatoms. The highest BCUT2D eigenvalue weighted by molar-refractivity contribution is 9.10. The highest BCUT2D eigenvalue weighted by Crippen LogP contribution is 2.35. The van der Waals surface area contributed by atoms with Gasteiger partial charge in [-0.1, -0.05) is 37.9 Å². The maximum absolute atomic E-state index is 13.2. The fourth-order valence-electron chi connectivity index (χ4n) is 2.41. The molecular weight excluding hydrogens is 401 g/mol. The van der Waals surface area contributed by atoms with Crippen LogP contribution in [0.1, 0.15) is 22.9 Å². The summed E-state index contributed by atoms with van der Waals surface area (Å²) in [6, 6.07) is 9.90. The molecule has 3 aromatic rings. The minimum Gasteiger partial charge on any atom is -0.459 e. The zero-order chi connectivity index (χ0) is 15.1. The molecule has 0 fully saturated rings. The van der Waals surface area contributed by atoms with Gasteiger partial charge in [0.25, 0.3) is 0 Å². The normalized spacial score (nSPS) is 12.8. The summed E-state index contributed by atoms with van der Waals surface area (Å²) in [5.41, 5.74) is 8.89. The number of furan rings is 1. The first-order valence-electron chi connectivity index (χ1n) is 6.36. The Labute approximate surface area is 138 Å². The van der Waals surface area contributed by atoms with Crippen LogP contribution < -0.4 is 5.73 Å². The third kappa shape index (κ3) is 2.65. The van der Waals surface area contributed by atoms with Gasteiger partial charge in [-0.25, -0.2) is 4.39 Å². The average molecular weight is 413 g/mol. The first-order valence-corrected chi connectivity index (χ1v) is 7.95. The van der Waals surface area contributed by atoms with Gasteiger partial charge in [-0.3, -0.25) is 0 Å². The Morgan fingerprint density at radius 2 is 1.90 bits per heavy atom. The average Bonchev–Trinajstić information content (AvgIpc) is 2.75. The molecule has 2 N–H and O–H groups in total.